The van der Waals surface area contributed by atoms with Gasteiger partial charge in [0.25, 0.3) is 0 Å². The number of rotatable bonds is 6. The molecule has 1 rings (SSSR count). The average molecular weight is 301 g/mol. The van der Waals surface area contributed by atoms with Crippen LogP contribution in [-0.2, 0) is 0 Å². The molecule has 0 spiro atoms. The second kappa shape index (κ2) is 8.11. The molecule has 112 valence electrons. The molecule has 1 aromatic carbocycles. The van der Waals surface area contributed by atoms with Crippen molar-refractivity contribution < 1.29 is 8.78 Å². The lowest BCUT2D eigenvalue weighted by Crippen LogP contribution is -2.38. The van der Waals surface area contributed by atoms with Crippen LogP contribution in [0.3, 0.4) is 0 Å². The van der Waals surface area contributed by atoms with E-state index in [0.717, 1.165) is 25.6 Å². The quantitative estimate of drug-likeness (QED) is 0.623. The molecule has 1 aromatic rings. The van der Waals surface area contributed by atoms with E-state index < -0.39 is 11.6 Å². The van der Waals surface area contributed by atoms with Gasteiger partial charge in [-0.05, 0) is 52.3 Å². The van der Waals surface area contributed by atoms with E-state index >= 15 is 0 Å². The minimum atomic E-state index is -0.581. The minimum absolute atomic E-state index is 0.315. The molecule has 2 N–H and O–H groups in total. The van der Waals surface area contributed by atoms with Crippen molar-refractivity contribution in [1.29, 1.82) is 0 Å². The molecule has 1 atom stereocenters. The molecule has 0 heterocycles. The Morgan fingerprint density at radius 2 is 2.05 bits per heavy atom. The van der Waals surface area contributed by atoms with Gasteiger partial charge in [-0.2, -0.15) is 0 Å². The van der Waals surface area contributed by atoms with Crippen LogP contribution in [0.4, 0.5) is 8.78 Å². The SMILES string of the molecule is C[C@@H](NC(=S)NCCCN(C)C)c1ccc(F)cc1F. The van der Waals surface area contributed by atoms with E-state index in [1.54, 1.807) is 6.92 Å². The summed E-state index contributed by atoms with van der Waals surface area (Å²) in [5, 5.41) is 6.53. The first-order valence-corrected chi connectivity index (χ1v) is 6.95. The van der Waals surface area contributed by atoms with Crippen molar-refractivity contribution >= 4 is 17.3 Å². The first-order chi connectivity index (χ1) is 9.40. The van der Waals surface area contributed by atoms with Crippen LogP contribution < -0.4 is 10.6 Å². The van der Waals surface area contributed by atoms with Crippen LogP contribution in [0.1, 0.15) is 24.9 Å². The number of hydrogen-bond donors (Lipinski definition) is 2. The van der Waals surface area contributed by atoms with E-state index in [1.807, 2.05) is 14.1 Å². The molecule has 0 fully saturated rings. The Morgan fingerprint density at radius 1 is 1.35 bits per heavy atom. The number of nitrogens with zero attached hydrogens (tertiary/aromatic N) is 1. The fourth-order valence-corrected chi connectivity index (χ4v) is 2.05. The predicted octanol–water partition coefficient (Wildman–Crippen LogP) is 2.44. The molecule has 0 aliphatic heterocycles. The van der Waals surface area contributed by atoms with E-state index in [0.29, 0.717) is 10.7 Å². The standard InChI is InChI=1S/C14H21F2N3S/c1-10(12-6-5-11(15)9-13(12)16)18-14(20)17-7-4-8-19(2)3/h5-6,9-10H,4,7-8H2,1-3H3,(H2,17,18,20)/t10-/m1/s1. The van der Waals surface area contributed by atoms with Gasteiger partial charge in [-0.1, -0.05) is 6.07 Å². The van der Waals surface area contributed by atoms with Gasteiger partial charge in [-0.3, -0.25) is 0 Å². The van der Waals surface area contributed by atoms with Crippen molar-refractivity contribution in [1.82, 2.24) is 15.5 Å². The number of thiocarbonyl (C=S) groups is 1. The van der Waals surface area contributed by atoms with Crippen LogP contribution in [0.15, 0.2) is 18.2 Å². The Hall–Kier alpha value is -1.27. The second-order valence-corrected chi connectivity index (χ2v) is 5.35. The van der Waals surface area contributed by atoms with Crippen molar-refractivity contribution in [2.75, 3.05) is 27.2 Å². The number of benzene rings is 1. The zero-order valence-electron chi connectivity index (χ0n) is 12.0. The van der Waals surface area contributed by atoms with Gasteiger partial charge in [-0.15, -0.1) is 0 Å². The molecule has 20 heavy (non-hydrogen) atoms. The van der Waals surface area contributed by atoms with Crippen molar-refractivity contribution in [2.24, 2.45) is 0 Å². The lowest BCUT2D eigenvalue weighted by atomic mass is 10.1. The van der Waals surface area contributed by atoms with Crippen LogP contribution in [0.25, 0.3) is 0 Å². The third-order valence-electron chi connectivity index (χ3n) is 2.84. The third-order valence-corrected chi connectivity index (χ3v) is 3.11. The number of hydrogen-bond acceptors (Lipinski definition) is 2. The summed E-state index contributed by atoms with van der Waals surface area (Å²) in [6.07, 6.45) is 0.966. The molecular formula is C14H21F2N3S. The lowest BCUT2D eigenvalue weighted by Gasteiger charge is -2.18. The topological polar surface area (TPSA) is 27.3 Å². The van der Waals surface area contributed by atoms with Crippen LogP contribution in [-0.4, -0.2) is 37.2 Å². The highest BCUT2D eigenvalue weighted by Gasteiger charge is 2.12. The summed E-state index contributed by atoms with van der Waals surface area (Å²) >= 11 is 5.15. The zero-order valence-corrected chi connectivity index (χ0v) is 12.9. The Labute approximate surface area is 124 Å². The predicted molar refractivity (Wildman–Crippen MR) is 81.7 cm³/mol. The summed E-state index contributed by atoms with van der Waals surface area (Å²) in [6.45, 7) is 3.50. The summed E-state index contributed by atoms with van der Waals surface area (Å²) in [4.78, 5) is 2.09. The van der Waals surface area contributed by atoms with Gasteiger partial charge >= 0.3 is 0 Å². The van der Waals surface area contributed by atoms with Crippen molar-refractivity contribution in [3.8, 4) is 0 Å². The molecule has 0 aliphatic rings. The maximum atomic E-state index is 13.6. The molecule has 0 aromatic heterocycles. The molecule has 0 unspecified atom stereocenters. The largest absolute Gasteiger partial charge is 0.363 e. The minimum Gasteiger partial charge on any atom is -0.363 e. The van der Waals surface area contributed by atoms with Gasteiger partial charge < -0.3 is 15.5 Å². The first-order valence-electron chi connectivity index (χ1n) is 6.54. The molecule has 0 radical (unpaired) electrons. The fraction of sp³-hybridized carbons (Fsp3) is 0.500. The molecule has 0 saturated carbocycles. The molecule has 0 aliphatic carbocycles. The highest BCUT2D eigenvalue weighted by Crippen LogP contribution is 2.17. The normalized spacial score (nSPS) is 12.3. The summed E-state index contributed by atoms with van der Waals surface area (Å²) in [6, 6.07) is 3.23. The molecular weight excluding hydrogens is 280 g/mol. The maximum Gasteiger partial charge on any atom is 0.166 e. The first kappa shape index (κ1) is 16.8. The third kappa shape index (κ3) is 5.79. The van der Waals surface area contributed by atoms with Gasteiger partial charge in [0.2, 0.25) is 0 Å². The van der Waals surface area contributed by atoms with Crippen LogP contribution in [0.5, 0.6) is 0 Å². The molecule has 0 saturated heterocycles. The highest BCUT2D eigenvalue weighted by atomic mass is 32.1. The van der Waals surface area contributed by atoms with Crippen LogP contribution in [0.2, 0.25) is 0 Å². The average Bonchev–Trinajstić information content (AvgIpc) is 2.34. The molecule has 6 heteroatoms. The maximum absolute atomic E-state index is 13.6. The molecule has 3 nitrogen and oxygen atoms in total. The van der Waals surface area contributed by atoms with Crippen LogP contribution in [0, 0.1) is 11.6 Å². The number of nitrogens with one attached hydrogen (secondary N) is 2. The van der Waals surface area contributed by atoms with Crippen molar-refractivity contribution in [3.63, 3.8) is 0 Å². The Balaban J connectivity index is 2.41. The summed E-state index contributed by atoms with van der Waals surface area (Å²) in [5.74, 6) is -1.15. The molecule has 0 amide bonds. The Kier molecular flexibility index (Phi) is 6.81. The van der Waals surface area contributed by atoms with E-state index in [1.165, 1.54) is 12.1 Å². The summed E-state index contributed by atoms with van der Waals surface area (Å²) in [5.41, 5.74) is 0.392. The van der Waals surface area contributed by atoms with Gasteiger partial charge in [0.05, 0.1) is 6.04 Å². The fourth-order valence-electron chi connectivity index (χ4n) is 1.78. The van der Waals surface area contributed by atoms with Crippen molar-refractivity contribution in [3.05, 3.63) is 35.4 Å². The number of halogens is 2. The monoisotopic (exact) mass is 301 g/mol. The van der Waals surface area contributed by atoms with Gasteiger partial charge in [0, 0.05) is 18.2 Å². The van der Waals surface area contributed by atoms with E-state index in [4.69, 9.17) is 12.2 Å². The van der Waals surface area contributed by atoms with E-state index in [-0.39, 0.29) is 6.04 Å². The van der Waals surface area contributed by atoms with Crippen LogP contribution >= 0.6 is 12.2 Å². The smallest absolute Gasteiger partial charge is 0.166 e. The summed E-state index contributed by atoms with van der Waals surface area (Å²) in [7, 11) is 4.02. The van der Waals surface area contributed by atoms with Crippen molar-refractivity contribution in [2.45, 2.75) is 19.4 Å². The second-order valence-electron chi connectivity index (χ2n) is 4.94. The Bertz CT molecular complexity index is 452. The highest BCUT2D eigenvalue weighted by molar-refractivity contribution is 7.80. The van der Waals surface area contributed by atoms with E-state index in [9.17, 15) is 8.78 Å². The van der Waals surface area contributed by atoms with Gasteiger partial charge in [-0.25, -0.2) is 8.78 Å². The van der Waals surface area contributed by atoms with Gasteiger partial charge in [0.1, 0.15) is 11.6 Å². The summed E-state index contributed by atoms with van der Waals surface area (Å²) < 4.78 is 26.4. The van der Waals surface area contributed by atoms with Gasteiger partial charge in [0.15, 0.2) is 5.11 Å². The zero-order chi connectivity index (χ0) is 15.1. The molecule has 0 bridgehead atoms. The lowest BCUT2D eigenvalue weighted by molar-refractivity contribution is 0.399. The van der Waals surface area contributed by atoms with E-state index in [2.05, 4.69) is 15.5 Å². The Morgan fingerprint density at radius 3 is 2.65 bits per heavy atom.